The van der Waals surface area contributed by atoms with E-state index >= 15 is 0 Å². The lowest BCUT2D eigenvalue weighted by atomic mass is 10.1. The van der Waals surface area contributed by atoms with Crippen LogP contribution < -0.4 is 10.1 Å². The molecule has 1 amide bonds. The summed E-state index contributed by atoms with van der Waals surface area (Å²) in [5, 5.41) is 2.68. The minimum atomic E-state index is -3.85. The minimum absolute atomic E-state index is 0.0773. The molecule has 1 N–H and O–H groups in total. The number of esters is 1. The second-order valence-electron chi connectivity index (χ2n) is 7.36. The van der Waals surface area contributed by atoms with Crippen molar-refractivity contribution in [3.05, 3.63) is 24.3 Å². The van der Waals surface area contributed by atoms with E-state index in [2.05, 4.69) is 5.32 Å². The van der Waals surface area contributed by atoms with Crippen molar-refractivity contribution in [3.63, 3.8) is 0 Å². The smallest absolute Gasteiger partial charge is 0.324 e. The molecule has 1 aliphatic heterocycles. The predicted molar refractivity (Wildman–Crippen MR) is 98.8 cm³/mol. The zero-order valence-electron chi connectivity index (χ0n) is 16.0. The summed E-state index contributed by atoms with van der Waals surface area (Å²) in [5.41, 5.74) is -0.444. The van der Waals surface area contributed by atoms with Gasteiger partial charge in [0.25, 0.3) is 5.91 Å². The number of nitrogens with zero attached hydrogens (tertiary/aromatic N) is 1. The first-order chi connectivity index (χ1) is 12.5. The van der Waals surface area contributed by atoms with E-state index in [0.717, 1.165) is 4.31 Å². The molecule has 1 atom stereocenters. The summed E-state index contributed by atoms with van der Waals surface area (Å²) in [7, 11) is -2.36. The Bertz CT molecular complexity index is 783. The summed E-state index contributed by atoms with van der Waals surface area (Å²) < 4.78 is 37.0. The number of benzene rings is 1. The minimum Gasteiger partial charge on any atom is -0.497 e. The van der Waals surface area contributed by atoms with E-state index in [4.69, 9.17) is 9.47 Å². The highest BCUT2D eigenvalue weighted by Crippen LogP contribution is 2.27. The molecule has 0 radical (unpaired) electrons. The van der Waals surface area contributed by atoms with Gasteiger partial charge < -0.3 is 14.8 Å². The van der Waals surface area contributed by atoms with E-state index in [-0.39, 0.29) is 11.4 Å². The zero-order valence-corrected chi connectivity index (χ0v) is 16.8. The van der Waals surface area contributed by atoms with Gasteiger partial charge in [0.05, 0.1) is 12.0 Å². The molecule has 1 saturated heterocycles. The molecule has 0 aliphatic carbocycles. The number of ether oxygens (including phenoxy) is 2. The van der Waals surface area contributed by atoms with Gasteiger partial charge in [-0.05, 0) is 57.9 Å². The lowest BCUT2D eigenvalue weighted by Crippen LogP contribution is -2.45. The van der Waals surface area contributed by atoms with E-state index in [0.29, 0.717) is 18.6 Å². The predicted octanol–water partition coefficient (Wildman–Crippen LogP) is 1.31. The van der Waals surface area contributed by atoms with E-state index in [1.807, 2.05) is 20.8 Å². The van der Waals surface area contributed by atoms with Crippen LogP contribution in [0.15, 0.2) is 29.2 Å². The van der Waals surface area contributed by atoms with Gasteiger partial charge in [0.2, 0.25) is 10.0 Å². The van der Waals surface area contributed by atoms with Crippen molar-refractivity contribution in [2.24, 2.45) is 0 Å². The number of rotatable bonds is 6. The van der Waals surface area contributed by atoms with Crippen LogP contribution in [0.1, 0.15) is 33.6 Å². The Morgan fingerprint density at radius 3 is 2.41 bits per heavy atom. The summed E-state index contributed by atoms with van der Waals surface area (Å²) in [6.45, 7) is 5.22. The summed E-state index contributed by atoms with van der Waals surface area (Å²) in [4.78, 5) is 24.3. The maximum atomic E-state index is 12.9. The number of hydrogen-bond acceptors (Lipinski definition) is 6. The normalized spacial score (nSPS) is 18.1. The van der Waals surface area contributed by atoms with Crippen LogP contribution in [0.4, 0.5) is 0 Å². The molecule has 0 spiro atoms. The van der Waals surface area contributed by atoms with Crippen LogP contribution >= 0.6 is 0 Å². The van der Waals surface area contributed by atoms with Crippen LogP contribution in [0, 0.1) is 0 Å². The SMILES string of the molecule is COc1ccc(S(=O)(=O)N2CCC[C@H]2C(=O)OCC(=O)NC(C)(C)C)cc1. The number of nitrogens with one attached hydrogen (secondary N) is 1. The fourth-order valence-corrected chi connectivity index (χ4v) is 4.48. The number of carbonyl (C=O) groups is 2. The zero-order chi connectivity index (χ0) is 20.2. The average Bonchev–Trinajstić information content (AvgIpc) is 3.09. The number of sulfonamides is 1. The largest absolute Gasteiger partial charge is 0.497 e. The maximum Gasteiger partial charge on any atom is 0.324 e. The Morgan fingerprint density at radius 2 is 1.85 bits per heavy atom. The molecule has 9 heteroatoms. The van der Waals surface area contributed by atoms with Gasteiger partial charge in [-0.15, -0.1) is 0 Å². The van der Waals surface area contributed by atoms with Crippen LogP contribution in [0.5, 0.6) is 5.75 Å². The van der Waals surface area contributed by atoms with E-state index in [1.165, 1.54) is 19.2 Å². The van der Waals surface area contributed by atoms with Gasteiger partial charge in [-0.2, -0.15) is 4.31 Å². The van der Waals surface area contributed by atoms with Gasteiger partial charge in [0.1, 0.15) is 11.8 Å². The highest BCUT2D eigenvalue weighted by Gasteiger charge is 2.40. The van der Waals surface area contributed by atoms with Gasteiger partial charge in [-0.3, -0.25) is 9.59 Å². The van der Waals surface area contributed by atoms with Crippen LogP contribution in [0.2, 0.25) is 0 Å². The monoisotopic (exact) mass is 398 g/mol. The lowest BCUT2D eigenvalue weighted by Gasteiger charge is -2.23. The number of methoxy groups -OCH3 is 1. The Labute approximate surface area is 159 Å². The van der Waals surface area contributed by atoms with Crippen molar-refractivity contribution in [1.82, 2.24) is 9.62 Å². The van der Waals surface area contributed by atoms with E-state index < -0.39 is 40.1 Å². The van der Waals surface area contributed by atoms with Crippen LogP contribution in [-0.4, -0.2) is 56.4 Å². The third-order valence-electron chi connectivity index (χ3n) is 4.00. The topological polar surface area (TPSA) is 102 Å². The highest BCUT2D eigenvalue weighted by molar-refractivity contribution is 7.89. The van der Waals surface area contributed by atoms with E-state index in [1.54, 1.807) is 12.1 Å². The van der Waals surface area contributed by atoms with Crippen molar-refractivity contribution < 1.29 is 27.5 Å². The summed E-state index contributed by atoms with van der Waals surface area (Å²) in [6, 6.07) is 5.04. The third-order valence-corrected chi connectivity index (χ3v) is 5.92. The van der Waals surface area contributed by atoms with Gasteiger partial charge in [0.15, 0.2) is 6.61 Å². The van der Waals surface area contributed by atoms with Gasteiger partial charge in [-0.1, -0.05) is 0 Å². The molecule has 150 valence electrons. The Balaban J connectivity index is 2.06. The molecule has 0 unspecified atom stereocenters. The number of hydrogen-bond donors (Lipinski definition) is 1. The van der Waals surface area contributed by atoms with Crippen molar-refractivity contribution >= 4 is 21.9 Å². The first-order valence-corrected chi connectivity index (χ1v) is 10.1. The van der Waals surface area contributed by atoms with Crippen LogP contribution in [-0.2, 0) is 24.3 Å². The quantitative estimate of drug-likeness (QED) is 0.725. The fraction of sp³-hybridized carbons (Fsp3) is 0.556. The van der Waals surface area contributed by atoms with Gasteiger partial charge in [0, 0.05) is 12.1 Å². The Morgan fingerprint density at radius 1 is 1.22 bits per heavy atom. The molecule has 1 aromatic rings. The molecule has 1 aromatic carbocycles. The molecule has 0 saturated carbocycles. The van der Waals surface area contributed by atoms with Crippen molar-refractivity contribution in [1.29, 1.82) is 0 Å². The lowest BCUT2D eigenvalue weighted by molar-refractivity contribution is -0.152. The number of amides is 1. The van der Waals surface area contributed by atoms with Gasteiger partial charge in [-0.25, -0.2) is 8.42 Å². The molecule has 8 nitrogen and oxygen atoms in total. The molecule has 1 aliphatic rings. The molecule has 2 rings (SSSR count). The standard InChI is InChI=1S/C18H26N2O6S/c1-18(2,3)19-16(21)12-26-17(22)15-6-5-11-20(15)27(23,24)14-9-7-13(25-4)8-10-14/h7-10,15H,5-6,11-12H2,1-4H3,(H,19,21)/t15-/m0/s1. The Hall–Kier alpha value is -2.13. The maximum absolute atomic E-state index is 12.9. The third kappa shape index (κ3) is 5.43. The Kier molecular flexibility index (Phi) is 6.48. The molecule has 1 fully saturated rings. The van der Waals surface area contributed by atoms with Gasteiger partial charge >= 0.3 is 5.97 Å². The van der Waals surface area contributed by atoms with Crippen LogP contribution in [0.3, 0.4) is 0 Å². The van der Waals surface area contributed by atoms with Crippen LogP contribution in [0.25, 0.3) is 0 Å². The molecule has 0 aromatic heterocycles. The fourth-order valence-electron chi connectivity index (χ4n) is 2.83. The highest BCUT2D eigenvalue weighted by atomic mass is 32.2. The number of carbonyl (C=O) groups excluding carboxylic acids is 2. The molecule has 27 heavy (non-hydrogen) atoms. The second kappa shape index (κ2) is 8.26. The summed E-state index contributed by atoms with van der Waals surface area (Å²) in [6.07, 6.45) is 0.901. The average molecular weight is 398 g/mol. The summed E-state index contributed by atoms with van der Waals surface area (Å²) >= 11 is 0. The second-order valence-corrected chi connectivity index (χ2v) is 9.25. The van der Waals surface area contributed by atoms with Crippen molar-refractivity contribution in [3.8, 4) is 5.75 Å². The van der Waals surface area contributed by atoms with Crippen molar-refractivity contribution in [2.45, 2.75) is 50.1 Å². The van der Waals surface area contributed by atoms with E-state index in [9.17, 15) is 18.0 Å². The van der Waals surface area contributed by atoms with Crippen molar-refractivity contribution in [2.75, 3.05) is 20.3 Å². The molecular weight excluding hydrogens is 372 g/mol. The molecule has 1 heterocycles. The molecular formula is C18H26N2O6S. The summed E-state index contributed by atoms with van der Waals surface area (Å²) in [5.74, 6) is -0.608. The molecule has 0 bridgehead atoms. The first-order valence-electron chi connectivity index (χ1n) is 8.68. The first kappa shape index (κ1) is 21.2.